The average molecular weight is 457 g/mol. The zero-order chi connectivity index (χ0) is 24.2. The molecule has 3 aromatic carbocycles. The Balaban J connectivity index is 1.76. The number of ether oxygens (including phenoxy) is 2. The molecule has 0 saturated heterocycles. The molecule has 0 aliphatic carbocycles. The van der Waals surface area contributed by atoms with Crippen LogP contribution < -0.4 is 19.7 Å². The van der Waals surface area contributed by atoms with E-state index in [2.05, 4.69) is 5.32 Å². The summed E-state index contributed by atoms with van der Waals surface area (Å²) in [5, 5.41) is 3.19. The second kappa shape index (κ2) is 9.83. The van der Waals surface area contributed by atoms with Crippen molar-refractivity contribution >= 4 is 28.8 Å². The first kappa shape index (κ1) is 23.1. The summed E-state index contributed by atoms with van der Waals surface area (Å²) < 4.78 is 11.0. The zero-order valence-corrected chi connectivity index (χ0v) is 19.8. The summed E-state index contributed by atoms with van der Waals surface area (Å²) in [5.41, 5.74) is 4.39. The Hall–Kier alpha value is -4.06. The van der Waals surface area contributed by atoms with E-state index in [0.717, 1.165) is 16.9 Å². The van der Waals surface area contributed by atoms with Crippen LogP contribution in [0, 0.1) is 13.8 Å². The van der Waals surface area contributed by atoms with Gasteiger partial charge in [-0.2, -0.15) is 0 Å². The van der Waals surface area contributed by atoms with Gasteiger partial charge in [0.2, 0.25) is 0 Å². The van der Waals surface area contributed by atoms with Gasteiger partial charge in [-0.05, 0) is 92.9 Å². The fraction of sp³-hybridized carbons (Fsp3) is 0.214. The minimum absolute atomic E-state index is 0.234. The molecule has 1 N–H and O–H groups in total. The van der Waals surface area contributed by atoms with Crippen LogP contribution in [0.4, 0.5) is 11.4 Å². The number of carbonyl (C=O) groups excluding carboxylic acids is 2. The van der Waals surface area contributed by atoms with Crippen LogP contribution in [-0.4, -0.2) is 25.0 Å². The summed E-state index contributed by atoms with van der Waals surface area (Å²) in [6, 6.07) is 20.2. The van der Waals surface area contributed by atoms with E-state index in [4.69, 9.17) is 9.47 Å². The lowest BCUT2D eigenvalue weighted by atomic mass is 10.0. The lowest BCUT2D eigenvalue weighted by Gasteiger charge is -2.17. The molecule has 1 aliphatic rings. The maximum absolute atomic E-state index is 13.6. The molecule has 0 spiro atoms. The first-order chi connectivity index (χ1) is 16.4. The van der Waals surface area contributed by atoms with Gasteiger partial charge in [0.25, 0.3) is 11.8 Å². The summed E-state index contributed by atoms with van der Waals surface area (Å²) in [4.78, 5) is 28.5. The van der Waals surface area contributed by atoms with Crippen molar-refractivity contribution in [3.05, 3.63) is 89.1 Å². The second-order valence-electron chi connectivity index (χ2n) is 8.08. The molecule has 6 nitrogen and oxygen atoms in total. The first-order valence-corrected chi connectivity index (χ1v) is 11.4. The third-order valence-electron chi connectivity index (χ3n) is 5.44. The highest BCUT2D eigenvalue weighted by molar-refractivity contribution is 6.46. The Morgan fingerprint density at radius 1 is 0.735 bits per heavy atom. The van der Waals surface area contributed by atoms with Gasteiger partial charge in [0.1, 0.15) is 17.2 Å². The van der Waals surface area contributed by atoms with Gasteiger partial charge in [0, 0.05) is 5.69 Å². The van der Waals surface area contributed by atoms with Crippen LogP contribution in [0.25, 0.3) is 5.57 Å². The maximum atomic E-state index is 13.6. The van der Waals surface area contributed by atoms with Crippen molar-refractivity contribution in [1.29, 1.82) is 0 Å². The largest absolute Gasteiger partial charge is 0.494 e. The molecular weight excluding hydrogens is 428 g/mol. The van der Waals surface area contributed by atoms with Crippen LogP contribution in [0.3, 0.4) is 0 Å². The van der Waals surface area contributed by atoms with Gasteiger partial charge in [-0.25, -0.2) is 4.90 Å². The number of anilines is 2. The molecular formula is C28H28N2O4. The highest BCUT2D eigenvalue weighted by Crippen LogP contribution is 2.35. The number of hydrogen-bond acceptors (Lipinski definition) is 5. The second-order valence-corrected chi connectivity index (χ2v) is 8.08. The Kier molecular flexibility index (Phi) is 6.68. The van der Waals surface area contributed by atoms with Crippen molar-refractivity contribution in [1.82, 2.24) is 0 Å². The molecule has 0 bridgehead atoms. The molecule has 1 aliphatic heterocycles. The lowest BCUT2D eigenvalue weighted by molar-refractivity contribution is -0.120. The van der Waals surface area contributed by atoms with Gasteiger partial charge in [0.05, 0.1) is 24.5 Å². The average Bonchev–Trinajstić information content (AvgIpc) is 3.05. The molecule has 0 unspecified atom stereocenters. The van der Waals surface area contributed by atoms with E-state index >= 15 is 0 Å². The normalized spacial score (nSPS) is 13.5. The fourth-order valence-electron chi connectivity index (χ4n) is 4.06. The minimum atomic E-state index is -0.396. The van der Waals surface area contributed by atoms with Crippen LogP contribution >= 0.6 is 0 Å². The number of nitrogens with zero attached hydrogens (tertiary/aromatic N) is 1. The van der Waals surface area contributed by atoms with Gasteiger partial charge < -0.3 is 14.8 Å². The monoisotopic (exact) mass is 456 g/mol. The van der Waals surface area contributed by atoms with Gasteiger partial charge in [-0.15, -0.1) is 0 Å². The SMILES string of the molecule is CCOc1ccc(NC2=C(c3ccc(OCC)cc3)C(=O)N(c3cc(C)cc(C)c3)C2=O)cc1. The summed E-state index contributed by atoms with van der Waals surface area (Å²) in [6.07, 6.45) is 0. The smallest absolute Gasteiger partial charge is 0.282 e. The Morgan fingerprint density at radius 2 is 1.26 bits per heavy atom. The van der Waals surface area contributed by atoms with Gasteiger partial charge >= 0.3 is 0 Å². The lowest BCUT2D eigenvalue weighted by Crippen LogP contribution is -2.32. The third-order valence-corrected chi connectivity index (χ3v) is 5.44. The predicted octanol–water partition coefficient (Wildman–Crippen LogP) is 5.50. The minimum Gasteiger partial charge on any atom is -0.494 e. The molecule has 0 radical (unpaired) electrons. The number of amides is 2. The number of aryl methyl sites for hydroxylation is 2. The van der Waals surface area contributed by atoms with Crippen molar-refractivity contribution in [3.63, 3.8) is 0 Å². The quantitative estimate of drug-likeness (QED) is 0.454. The molecule has 6 heteroatoms. The molecule has 2 amide bonds. The van der Waals surface area contributed by atoms with E-state index in [9.17, 15) is 9.59 Å². The van der Waals surface area contributed by atoms with Crippen LogP contribution in [0.2, 0.25) is 0 Å². The number of nitrogens with one attached hydrogen (secondary N) is 1. The van der Waals surface area contributed by atoms with Crippen molar-refractivity contribution < 1.29 is 19.1 Å². The molecule has 1 heterocycles. The summed E-state index contributed by atoms with van der Waals surface area (Å²) in [6.45, 7) is 8.84. The van der Waals surface area contributed by atoms with Gasteiger partial charge in [-0.1, -0.05) is 18.2 Å². The molecule has 4 rings (SSSR count). The molecule has 174 valence electrons. The van der Waals surface area contributed by atoms with E-state index in [1.54, 1.807) is 24.3 Å². The Morgan fingerprint density at radius 3 is 1.79 bits per heavy atom. The number of benzene rings is 3. The molecule has 3 aromatic rings. The van der Waals surface area contributed by atoms with Gasteiger partial charge in [-0.3, -0.25) is 9.59 Å². The van der Waals surface area contributed by atoms with Crippen LogP contribution in [0.5, 0.6) is 11.5 Å². The molecule has 0 saturated carbocycles. The zero-order valence-electron chi connectivity index (χ0n) is 19.8. The van der Waals surface area contributed by atoms with Crippen LogP contribution in [0.15, 0.2) is 72.4 Å². The van der Waals surface area contributed by atoms with Crippen LogP contribution in [-0.2, 0) is 9.59 Å². The van der Waals surface area contributed by atoms with E-state index in [-0.39, 0.29) is 11.6 Å². The number of hydrogen-bond donors (Lipinski definition) is 1. The van der Waals surface area contributed by atoms with E-state index in [0.29, 0.717) is 41.5 Å². The van der Waals surface area contributed by atoms with Crippen LogP contribution in [0.1, 0.15) is 30.5 Å². The summed E-state index contributed by atoms with van der Waals surface area (Å²) in [5.74, 6) is 0.677. The van der Waals surface area contributed by atoms with Crippen molar-refractivity contribution in [2.45, 2.75) is 27.7 Å². The number of rotatable bonds is 8. The van der Waals surface area contributed by atoms with E-state index in [1.165, 1.54) is 4.90 Å². The highest BCUT2D eigenvalue weighted by Gasteiger charge is 2.40. The molecule has 0 fully saturated rings. The maximum Gasteiger partial charge on any atom is 0.282 e. The topological polar surface area (TPSA) is 67.9 Å². The fourth-order valence-corrected chi connectivity index (χ4v) is 4.06. The molecule has 0 aromatic heterocycles. The first-order valence-electron chi connectivity index (χ1n) is 11.4. The molecule has 0 atom stereocenters. The highest BCUT2D eigenvalue weighted by atomic mass is 16.5. The summed E-state index contributed by atoms with van der Waals surface area (Å²) in [7, 11) is 0. The van der Waals surface area contributed by atoms with Gasteiger partial charge in [0.15, 0.2) is 0 Å². The van der Waals surface area contributed by atoms with E-state index in [1.807, 2.05) is 70.2 Å². The van der Waals surface area contributed by atoms with Crippen molar-refractivity contribution in [2.24, 2.45) is 0 Å². The predicted molar refractivity (Wildman–Crippen MR) is 134 cm³/mol. The van der Waals surface area contributed by atoms with Crippen molar-refractivity contribution in [3.8, 4) is 11.5 Å². The van der Waals surface area contributed by atoms with Crippen molar-refractivity contribution in [2.75, 3.05) is 23.4 Å². The Bertz CT molecular complexity index is 1220. The standard InChI is InChI=1S/C28H28N2O4/c1-5-33-23-11-7-20(8-12-23)25-26(29-21-9-13-24(14-10-21)34-6-2)28(32)30(27(25)31)22-16-18(3)15-19(4)17-22/h7-17,29H,5-6H2,1-4H3. The summed E-state index contributed by atoms with van der Waals surface area (Å²) >= 11 is 0. The number of carbonyl (C=O) groups is 2. The Labute approximate surface area is 199 Å². The van der Waals surface area contributed by atoms with E-state index < -0.39 is 5.91 Å². The third kappa shape index (κ3) is 4.66. The number of imide groups is 1. The molecule has 34 heavy (non-hydrogen) atoms.